The SMILES string of the molecule is C#N.[Zn].[Zn]. The molecule has 14 valence electrons. The number of nitriles is 1. The van der Waals surface area contributed by atoms with E-state index in [9.17, 15) is 0 Å². The van der Waals surface area contributed by atoms with E-state index in [4.69, 9.17) is 5.26 Å². The first-order chi connectivity index (χ1) is 1.00. The van der Waals surface area contributed by atoms with Crippen LogP contribution in [-0.4, -0.2) is 0 Å². The monoisotopic (exact) mass is 155 g/mol. The van der Waals surface area contributed by atoms with E-state index < -0.39 is 0 Å². The fourth-order valence-electron chi connectivity index (χ4n) is 0. The fraction of sp³-hybridized carbons (Fsp3) is 0. The Morgan fingerprint density at radius 2 is 1.00 bits per heavy atom. The van der Waals surface area contributed by atoms with Crippen molar-refractivity contribution in [2.45, 2.75) is 0 Å². The van der Waals surface area contributed by atoms with E-state index in [0.29, 0.717) is 0 Å². The van der Waals surface area contributed by atoms with Gasteiger partial charge in [0.1, 0.15) is 0 Å². The Labute approximate surface area is 50.9 Å². The second kappa shape index (κ2) is 51.6. The maximum absolute atomic E-state index is 6.50. The smallest absolute Gasteiger partial charge is 0.0462 e. The van der Waals surface area contributed by atoms with Crippen LogP contribution < -0.4 is 0 Å². The summed E-state index contributed by atoms with van der Waals surface area (Å²) in [5, 5.41) is 6.50. The molecule has 3 heteroatoms. The summed E-state index contributed by atoms with van der Waals surface area (Å²) < 4.78 is 0. The molecule has 0 aliphatic rings. The quantitative estimate of drug-likeness (QED) is 0.459. The summed E-state index contributed by atoms with van der Waals surface area (Å²) in [6.45, 7) is 3.50. The maximum atomic E-state index is 6.50. The molecule has 0 aromatic carbocycles. The van der Waals surface area contributed by atoms with Crippen molar-refractivity contribution in [2.75, 3.05) is 0 Å². The molecular weight excluding hydrogens is 157 g/mol. The van der Waals surface area contributed by atoms with E-state index in [2.05, 4.69) is 6.57 Å². The standard InChI is InChI=1S/CHN.2Zn/c1-2;;/h1H;;. The van der Waals surface area contributed by atoms with Crippen LogP contribution in [0.3, 0.4) is 0 Å². The van der Waals surface area contributed by atoms with Gasteiger partial charge in [-0.3, -0.25) is 0 Å². The summed E-state index contributed by atoms with van der Waals surface area (Å²) in [5.41, 5.74) is 0. The van der Waals surface area contributed by atoms with Gasteiger partial charge in [-0.15, -0.1) is 0 Å². The van der Waals surface area contributed by atoms with Crippen molar-refractivity contribution in [1.82, 2.24) is 0 Å². The van der Waals surface area contributed by atoms with Gasteiger partial charge in [0.05, 0.1) is 0 Å². The molecule has 0 spiro atoms. The molecule has 4 heavy (non-hydrogen) atoms. The molecule has 1 nitrogen and oxygen atoms in total. The Morgan fingerprint density at radius 1 is 1.00 bits per heavy atom. The molecule has 0 aliphatic carbocycles. The number of hydrogen-bond acceptors (Lipinski definition) is 1. The van der Waals surface area contributed by atoms with E-state index in [0.717, 1.165) is 0 Å². The molecule has 0 atom stereocenters. The fourth-order valence-corrected chi connectivity index (χ4v) is 0. The Morgan fingerprint density at radius 3 is 1.00 bits per heavy atom. The van der Waals surface area contributed by atoms with Crippen LogP contribution in [0.5, 0.6) is 0 Å². The van der Waals surface area contributed by atoms with Crippen molar-refractivity contribution < 1.29 is 39.0 Å². The predicted octanol–water partition coefficient (Wildman–Crippen LogP) is 0.135. The summed E-state index contributed by atoms with van der Waals surface area (Å²) in [7, 11) is 0. The predicted molar refractivity (Wildman–Crippen MR) is 6.67 cm³/mol. The van der Waals surface area contributed by atoms with Crippen LogP contribution in [0, 0.1) is 11.8 Å². The second-order valence-corrected chi connectivity index (χ2v) is 0. The summed E-state index contributed by atoms with van der Waals surface area (Å²) in [6.07, 6.45) is 0. The molecule has 0 amide bonds. The van der Waals surface area contributed by atoms with Crippen LogP contribution in [-0.2, 0) is 39.0 Å². The molecule has 0 saturated heterocycles. The summed E-state index contributed by atoms with van der Waals surface area (Å²) >= 11 is 0. The third-order valence-corrected chi connectivity index (χ3v) is 0. The third-order valence-electron chi connectivity index (χ3n) is 0. The topological polar surface area (TPSA) is 23.8 Å². The van der Waals surface area contributed by atoms with Crippen LogP contribution >= 0.6 is 0 Å². The molecule has 0 bridgehead atoms. The first-order valence-electron chi connectivity index (χ1n) is 0.258. The molecule has 0 N–H and O–H groups in total. The maximum Gasteiger partial charge on any atom is 0.0462 e. The first-order valence-corrected chi connectivity index (χ1v) is 0.258. The van der Waals surface area contributed by atoms with Crippen LogP contribution in [0.15, 0.2) is 0 Å². The van der Waals surface area contributed by atoms with Gasteiger partial charge in [0.25, 0.3) is 0 Å². The zero-order valence-corrected chi connectivity index (χ0v) is 8.37. The largest absolute Gasteiger partial charge is 0.202 e. The average molecular weight is 158 g/mol. The van der Waals surface area contributed by atoms with Gasteiger partial charge in [-0.2, -0.15) is 0 Å². The number of rotatable bonds is 0. The van der Waals surface area contributed by atoms with Crippen molar-refractivity contribution in [2.24, 2.45) is 0 Å². The van der Waals surface area contributed by atoms with E-state index in [1.807, 2.05) is 0 Å². The Balaban J connectivity index is -0.00000000500. The molecule has 0 heterocycles. The number of hydrogen-bond donors (Lipinski definition) is 0. The zero-order chi connectivity index (χ0) is 2.00. The van der Waals surface area contributed by atoms with Crippen LogP contribution in [0.4, 0.5) is 0 Å². The van der Waals surface area contributed by atoms with Crippen molar-refractivity contribution in [3.05, 3.63) is 0 Å². The van der Waals surface area contributed by atoms with Gasteiger partial charge in [-0.05, 0) is 0 Å². The van der Waals surface area contributed by atoms with Crippen molar-refractivity contribution in [1.29, 1.82) is 5.26 Å². The van der Waals surface area contributed by atoms with Crippen LogP contribution in [0.2, 0.25) is 0 Å². The van der Waals surface area contributed by atoms with E-state index in [-0.39, 0.29) is 39.0 Å². The van der Waals surface area contributed by atoms with Gasteiger partial charge in [-0.25, -0.2) is 5.26 Å². The molecule has 0 radical (unpaired) electrons. The molecule has 0 fully saturated rings. The molecule has 0 rings (SSSR count). The molecule has 0 aromatic heterocycles. The first kappa shape index (κ1) is 21.9. The van der Waals surface area contributed by atoms with Gasteiger partial charge in [0.15, 0.2) is 0 Å². The van der Waals surface area contributed by atoms with Crippen molar-refractivity contribution >= 4 is 0 Å². The van der Waals surface area contributed by atoms with Gasteiger partial charge >= 0.3 is 0 Å². The average Bonchev–Trinajstić information content (AvgIpc) is 1.00. The molecule has 0 aliphatic heterocycles. The van der Waals surface area contributed by atoms with Crippen molar-refractivity contribution in [3.63, 3.8) is 0 Å². The zero-order valence-electron chi connectivity index (χ0n) is 2.44. The summed E-state index contributed by atoms with van der Waals surface area (Å²) in [6, 6.07) is 0. The van der Waals surface area contributed by atoms with E-state index in [1.54, 1.807) is 0 Å². The van der Waals surface area contributed by atoms with Gasteiger partial charge in [0.2, 0.25) is 0 Å². The number of nitrogens with zero attached hydrogens (tertiary/aromatic N) is 1. The Hall–Kier alpha value is 0.737. The van der Waals surface area contributed by atoms with Gasteiger partial charge < -0.3 is 0 Å². The van der Waals surface area contributed by atoms with Crippen LogP contribution in [0.25, 0.3) is 0 Å². The Bertz CT molecular complexity index is 10.8. The van der Waals surface area contributed by atoms with Crippen LogP contribution in [0.1, 0.15) is 0 Å². The third kappa shape index (κ3) is 15.2. The minimum atomic E-state index is 0. The molecule has 0 saturated carbocycles. The molecular formula is CHNZn2. The second-order valence-electron chi connectivity index (χ2n) is 0. The van der Waals surface area contributed by atoms with E-state index >= 15 is 0 Å². The minimum absolute atomic E-state index is 0. The summed E-state index contributed by atoms with van der Waals surface area (Å²) in [5.74, 6) is 0. The van der Waals surface area contributed by atoms with Gasteiger partial charge in [0, 0.05) is 45.5 Å². The van der Waals surface area contributed by atoms with Gasteiger partial charge in [-0.1, -0.05) is 0 Å². The van der Waals surface area contributed by atoms with Crippen molar-refractivity contribution in [3.8, 4) is 6.57 Å². The molecule has 0 aromatic rings. The molecule has 0 unspecified atom stereocenters. The normalized spacial score (nSPS) is 0.500. The summed E-state index contributed by atoms with van der Waals surface area (Å²) in [4.78, 5) is 0. The minimum Gasteiger partial charge on any atom is -0.202 e. The van der Waals surface area contributed by atoms with E-state index in [1.165, 1.54) is 0 Å². The Kier molecular flexibility index (Phi) is 283.